The van der Waals surface area contributed by atoms with Gasteiger partial charge in [-0.2, -0.15) is 13.2 Å². The maximum Gasteiger partial charge on any atom is 0.416 e. The second kappa shape index (κ2) is 4.80. The number of rotatable bonds is 3. The molecule has 2 aromatic rings. The van der Waals surface area contributed by atoms with Crippen molar-refractivity contribution in [1.29, 1.82) is 0 Å². The highest BCUT2D eigenvalue weighted by Crippen LogP contribution is 2.29. The molecule has 2 rings (SSSR count). The molecule has 0 unspecified atom stereocenters. The molecule has 0 N–H and O–H groups in total. The molecule has 96 valence electrons. The van der Waals surface area contributed by atoms with E-state index in [2.05, 4.69) is 10.3 Å². The standard InChI is InChI=1S/C12H12F3N3/c1-2-11-8-18(17-16-11)7-9-4-3-5-10(6-9)12(13,14)15/h3-6,8H,2,7H2,1H3. The Kier molecular flexibility index (Phi) is 3.36. The highest BCUT2D eigenvalue weighted by atomic mass is 19.4. The summed E-state index contributed by atoms with van der Waals surface area (Å²) >= 11 is 0. The Morgan fingerprint density at radius 1 is 1.28 bits per heavy atom. The monoisotopic (exact) mass is 255 g/mol. The number of benzene rings is 1. The Bertz CT molecular complexity index is 531. The lowest BCUT2D eigenvalue weighted by Crippen LogP contribution is -2.07. The summed E-state index contributed by atoms with van der Waals surface area (Å²) in [4.78, 5) is 0. The molecule has 6 heteroatoms. The highest BCUT2D eigenvalue weighted by molar-refractivity contribution is 5.25. The molecule has 18 heavy (non-hydrogen) atoms. The highest BCUT2D eigenvalue weighted by Gasteiger charge is 2.30. The topological polar surface area (TPSA) is 30.7 Å². The average molecular weight is 255 g/mol. The molecule has 1 aromatic carbocycles. The van der Waals surface area contributed by atoms with Gasteiger partial charge in [0.1, 0.15) is 0 Å². The fourth-order valence-electron chi connectivity index (χ4n) is 1.61. The van der Waals surface area contributed by atoms with Gasteiger partial charge in [-0.15, -0.1) is 5.10 Å². The van der Waals surface area contributed by atoms with Gasteiger partial charge in [-0.3, -0.25) is 0 Å². The fourth-order valence-corrected chi connectivity index (χ4v) is 1.61. The molecule has 0 bridgehead atoms. The Balaban J connectivity index is 2.19. The van der Waals surface area contributed by atoms with Crippen LogP contribution >= 0.6 is 0 Å². The Hall–Kier alpha value is -1.85. The average Bonchev–Trinajstić information content (AvgIpc) is 2.76. The van der Waals surface area contributed by atoms with Gasteiger partial charge >= 0.3 is 6.18 Å². The Morgan fingerprint density at radius 3 is 2.67 bits per heavy atom. The summed E-state index contributed by atoms with van der Waals surface area (Å²) in [7, 11) is 0. The van der Waals surface area contributed by atoms with E-state index in [-0.39, 0.29) is 6.54 Å². The zero-order valence-corrected chi connectivity index (χ0v) is 9.78. The third kappa shape index (κ3) is 2.88. The van der Waals surface area contributed by atoms with E-state index < -0.39 is 11.7 Å². The molecule has 0 aliphatic heterocycles. The first kappa shape index (κ1) is 12.6. The normalized spacial score (nSPS) is 11.8. The molecular weight excluding hydrogens is 243 g/mol. The zero-order valence-electron chi connectivity index (χ0n) is 9.78. The van der Waals surface area contributed by atoms with Crippen LogP contribution in [0.15, 0.2) is 30.5 Å². The molecule has 0 amide bonds. The molecule has 3 nitrogen and oxygen atoms in total. The van der Waals surface area contributed by atoms with Gasteiger partial charge in [-0.25, -0.2) is 4.68 Å². The molecule has 1 aromatic heterocycles. The van der Waals surface area contributed by atoms with Gasteiger partial charge in [0.15, 0.2) is 0 Å². The molecule has 0 saturated carbocycles. The van der Waals surface area contributed by atoms with Crippen molar-refractivity contribution in [1.82, 2.24) is 15.0 Å². The van der Waals surface area contributed by atoms with Crippen molar-refractivity contribution in [3.05, 3.63) is 47.3 Å². The van der Waals surface area contributed by atoms with Crippen LogP contribution < -0.4 is 0 Å². The van der Waals surface area contributed by atoms with Crippen LogP contribution in [0.5, 0.6) is 0 Å². The lowest BCUT2D eigenvalue weighted by atomic mass is 10.1. The summed E-state index contributed by atoms with van der Waals surface area (Å²) in [5, 5.41) is 7.75. The van der Waals surface area contributed by atoms with E-state index in [1.165, 1.54) is 10.7 Å². The molecule has 0 fully saturated rings. The van der Waals surface area contributed by atoms with E-state index in [0.717, 1.165) is 24.2 Å². The van der Waals surface area contributed by atoms with Crippen molar-refractivity contribution < 1.29 is 13.2 Å². The van der Waals surface area contributed by atoms with Gasteiger partial charge in [0.25, 0.3) is 0 Å². The van der Waals surface area contributed by atoms with Gasteiger partial charge in [0.05, 0.1) is 17.8 Å². The Labute approximate surface area is 102 Å². The molecule has 0 radical (unpaired) electrons. The van der Waals surface area contributed by atoms with Crippen LogP contribution in [0.2, 0.25) is 0 Å². The summed E-state index contributed by atoms with van der Waals surface area (Å²) in [5.41, 5.74) is 0.732. The van der Waals surface area contributed by atoms with Gasteiger partial charge in [-0.1, -0.05) is 24.3 Å². The van der Waals surface area contributed by atoms with Crippen molar-refractivity contribution >= 4 is 0 Å². The van der Waals surface area contributed by atoms with E-state index in [4.69, 9.17) is 0 Å². The summed E-state index contributed by atoms with van der Waals surface area (Å²) in [6, 6.07) is 5.23. The number of nitrogens with zero attached hydrogens (tertiary/aromatic N) is 3. The maximum atomic E-state index is 12.5. The molecule has 0 aliphatic rings. The molecular formula is C12H12F3N3. The van der Waals surface area contributed by atoms with Crippen molar-refractivity contribution in [2.75, 3.05) is 0 Å². The molecule has 0 spiro atoms. The van der Waals surface area contributed by atoms with Gasteiger partial charge in [-0.05, 0) is 24.1 Å². The van der Waals surface area contributed by atoms with Gasteiger partial charge in [0.2, 0.25) is 0 Å². The first-order valence-corrected chi connectivity index (χ1v) is 5.54. The third-order valence-corrected chi connectivity index (χ3v) is 2.55. The van der Waals surface area contributed by atoms with Crippen molar-refractivity contribution in [2.45, 2.75) is 26.1 Å². The molecule has 0 aliphatic carbocycles. The van der Waals surface area contributed by atoms with Gasteiger partial charge < -0.3 is 0 Å². The molecule has 1 heterocycles. The molecule has 0 atom stereocenters. The third-order valence-electron chi connectivity index (χ3n) is 2.55. The fraction of sp³-hybridized carbons (Fsp3) is 0.333. The van der Waals surface area contributed by atoms with E-state index in [9.17, 15) is 13.2 Å². The lowest BCUT2D eigenvalue weighted by Gasteiger charge is -2.08. The number of halogens is 3. The SMILES string of the molecule is CCc1cn(Cc2cccc(C(F)(F)F)c2)nn1. The summed E-state index contributed by atoms with van der Waals surface area (Å²) < 4.78 is 39.1. The summed E-state index contributed by atoms with van der Waals surface area (Å²) in [5.74, 6) is 0. The van der Waals surface area contributed by atoms with Crippen LogP contribution in [0.1, 0.15) is 23.7 Å². The van der Waals surface area contributed by atoms with Crippen LogP contribution in [0.25, 0.3) is 0 Å². The number of aromatic nitrogens is 3. The predicted molar refractivity (Wildman–Crippen MR) is 59.9 cm³/mol. The summed E-state index contributed by atoms with van der Waals surface area (Å²) in [6.07, 6.45) is -1.82. The smallest absolute Gasteiger partial charge is 0.248 e. The second-order valence-corrected chi connectivity index (χ2v) is 3.96. The van der Waals surface area contributed by atoms with Crippen LogP contribution in [-0.4, -0.2) is 15.0 Å². The largest absolute Gasteiger partial charge is 0.416 e. The minimum atomic E-state index is -4.31. The summed E-state index contributed by atoms with van der Waals surface area (Å²) in [6.45, 7) is 2.23. The quantitative estimate of drug-likeness (QED) is 0.844. The minimum Gasteiger partial charge on any atom is -0.248 e. The van der Waals surface area contributed by atoms with E-state index in [1.54, 1.807) is 12.3 Å². The Morgan fingerprint density at radius 2 is 2.06 bits per heavy atom. The van der Waals surface area contributed by atoms with Crippen LogP contribution in [0, 0.1) is 0 Å². The molecule has 0 saturated heterocycles. The van der Waals surface area contributed by atoms with Gasteiger partial charge in [0, 0.05) is 6.20 Å². The zero-order chi connectivity index (χ0) is 13.2. The van der Waals surface area contributed by atoms with E-state index >= 15 is 0 Å². The second-order valence-electron chi connectivity index (χ2n) is 3.96. The minimum absolute atomic E-state index is 0.289. The lowest BCUT2D eigenvalue weighted by molar-refractivity contribution is -0.137. The number of aryl methyl sites for hydroxylation is 1. The van der Waals surface area contributed by atoms with E-state index in [0.29, 0.717) is 5.56 Å². The first-order chi connectivity index (χ1) is 8.49. The van der Waals surface area contributed by atoms with Crippen molar-refractivity contribution in [3.8, 4) is 0 Å². The van der Waals surface area contributed by atoms with Crippen molar-refractivity contribution in [3.63, 3.8) is 0 Å². The number of hydrogen-bond acceptors (Lipinski definition) is 2. The van der Waals surface area contributed by atoms with Crippen LogP contribution in [0.4, 0.5) is 13.2 Å². The number of alkyl halides is 3. The number of hydrogen-bond donors (Lipinski definition) is 0. The van der Waals surface area contributed by atoms with E-state index in [1.807, 2.05) is 6.92 Å². The van der Waals surface area contributed by atoms with Crippen LogP contribution in [-0.2, 0) is 19.1 Å². The van der Waals surface area contributed by atoms with Crippen molar-refractivity contribution in [2.24, 2.45) is 0 Å². The first-order valence-electron chi connectivity index (χ1n) is 5.54. The predicted octanol–water partition coefficient (Wildman–Crippen LogP) is 2.91. The maximum absolute atomic E-state index is 12.5. The van der Waals surface area contributed by atoms with Crippen LogP contribution in [0.3, 0.4) is 0 Å².